The van der Waals surface area contributed by atoms with Gasteiger partial charge < -0.3 is 14.6 Å². The molecule has 1 aliphatic heterocycles. The van der Waals surface area contributed by atoms with Gasteiger partial charge in [-0.05, 0) is 47.5 Å². The van der Waals surface area contributed by atoms with Gasteiger partial charge in [-0.1, -0.05) is 78.5 Å². The summed E-state index contributed by atoms with van der Waals surface area (Å²) in [5, 5.41) is 9.46. The van der Waals surface area contributed by atoms with Crippen molar-refractivity contribution in [3.8, 4) is 0 Å². The molecule has 0 saturated carbocycles. The first-order valence-corrected chi connectivity index (χ1v) is 16.4. The van der Waals surface area contributed by atoms with Gasteiger partial charge in [0, 0.05) is 23.4 Å². The van der Waals surface area contributed by atoms with Crippen molar-refractivity contribution in [1.29, 1.82) is 0 Å². The van der Waals surface area contributed by atoms with Crippen molar-refractivity contribution >= 4 is 49.0 Å². The zero-order valence-electron chi connectivity index (χ0n) is 21.9. The molecule has 0 radical (unpaired) electrons. The molecule has 2 heterocycles. The number of para-hydroxylation sites is 1. The molecule has 1 aliphatic rings. The lowest BCUT2D eigenvalue weighted by Crippen LogP contribution is -2.31. The van der Waals surface area contributed by atoms with Gasteiger partial charge >= 0.3 is 0 Å². The third kappa shape index (κ3) is 6.64. The van der Waals surface area contributed by atoms with Gasteiger partial charge in [0.2, 0.25) is 0 Å². The van der Waals surface area contributed by atoms with Crippen LogP contribution in [0.1, 0.15) is 35.5 Å². The Morgan fingerprint density at radius 1 is 0.878 bits per heavy atom. The maximum Gasteiger partial charge on any atom is 0.261 e. The first-order valence-electron chi connectivity index (χ1n) is 13.1. The standard InChI is InChI=1S/C31H28N2O5S3/c34-19-21-10-12-22(13-11-21)28-18-25(20-39-31-32-27-8-4-5-9-29(27)40-31)37-30(38-28)23-14-16-24(17-15-23)33-41(35,36)26-6-2-1-3-7-26/h1-17,25,28,30,33-34H,18-20H2. The van der Waals surface area contributed by atoms with Crippen molar-refractivity contribution in [3.05, 3.63) is 120 Å². The summed E-state index contributed by atoms with van der Waals surface area (Å²) in [5.74, 6) is 0.708. The maximum atomic E-state index is 12.7. The Bertz CT molecular complexity index is 1680. The van der Waals surface area contributed by atoms with Crippen molar-refractivity contribution in [2.45, 2.75) is 40.8 Å². The predicted molar refractivity (Wildman–Crippen MR) is 162 cm³/mol. The molecule has 41 heavy (non-hydrogen) atoms. The predicted octanol–water partition coefficient (Wildman–Crippen LogP) is 6.93. The summed E-state index contributed by atoms with van der Waals surface area (Å²) in [5.41, 5.74) is 4.09. The van der Waals surface area contributed by atoms with E-state index in [0.29, 0.717) is 17.9 Å². The highest BCUT2D eigenvalue weighted by Gasteiger charge is 2.32. The largest absolute Gasteiger partial charge is 0.392 e. The van der Waals surface area contributed by atoms with Gasteiger partial charge in [-0.25, -0.2) is 13.4 Å². The smallest absolute Gasteiger partial charge is 0.261 e. The Labute approximate surface area is 247 Å². The summed E-state index contributed by atoms with van der Waals surface area (Å²) in [6, 6.07) is 31.2. The Kier molecular flexibility index (Phi) is 8.38. The highest BCUT2D eigenvalue weighted by Crippen LogP contribution is 2.40. The third-order valence-corrected chi connectivity index (χ3v) is 10.5. The van der Waals surface area contributed by atoms with Crippen LogP contribution in [0.4, 0.5) is 5.69 Å². The van der Waals surface area contributed by atoms with E-state index in [4.69, 9.17) is 14.5 Å². The Hall–Kier alpha value is -3.25. The summed E-state index contributed by atoms with van der Waals surface area (Å²) < 4.78 is 43.1. The van der Waals surface area contributed by atoms with Crippen LogP contribution in [-0.2, 0) is 26.1 Å². The topological polar surface area (TPSA) is 97.8 Å². The lowest BCUT2D eigenvalue weighted by molar-refractivity contribution is -0.245. The van der Waals surface area contributed by atoms with Crippen molar-refractivity contribution < 1.29 is 23.0 Å². The fourth-order valence-corrected chi connectivity index (χ4v) is 7.81. The number of thiazole rings is 1. The molecule has 10 heteroatoms. The molecule has 210 valence electrons. The maximum absolute atomic E-state index is 12.7. The molecule has 0 aliphatic carbocycles. The number of aromatic nitrogens is 1. The third-order valence-electron chi connectivity index (χ3n) is 6.77. The highest BCUT2D eigenvalue weighted by atomic mass is 32.2. The molecular formula is C31H28N2O5S3. The summed E-state index contributed by atoms with van der Waals surface area (Å²) in [4.78, 5) is 4.95. The average molecular weight is 605 g/mol. The fraction of sp³-hybridized carbons (Fsp3) is 0.194. The number of nitrogens with one attached hydrogen (secondary N) is 1. The van der Waals surface area contributed by atoms with E-state index >= 15 is 0 Å². The van der Waals surface area contributed by atoms with E-state index in [-0.39, 0.29) is 23.7 Å². The van der Waals surface area contributed by atoms with E-state index < -0.39 is 16.3 Å². The van der Waals surface area contributed by atoms with Crippen LogP contribution in [0.25, 0.3) is 10.2 Å². The van der Waals surface area contributed by atoms with Crippen LogP contribution in [0.3, 0.4) is 0 Å². The van der Waals surface area contributed by atoms with Crippen LogP contribution in [-0.4, -0.2) is 30.4 Å². The number of hydrogen-bond acceptors (Lipinski definition) is 8. The normalized spacial score (nSPS) is 19.3. The molecule has 5 aromatic rings. The molecule has 1 aromatic heterocycles. The number of aliphatic hydroxyl groups is 1. The fourth-order valence-electron chi connectivity index (χ4n) is 4.62. The second kappa shape index (κ2) is 12.3. The first kappa shape index (κ1) is 27.9. The number of rotatable bonds is 9. The minimum Gasteiger partial charge on any atom is -0.392 e. The Morgan fingerprint density at radius 3 is 2.32 bits per heavy atom. The van der Waals surface area contributed by atoms with Crippen LogP contribution >= 0.6 is 23.1 Å². The highest BCUT2D eigenvalue weighted by molar-refractivity contribution is 8.01. The van der Waals surface area contributed by atoms with E-state index in [0.717, 1.165) is 31.2 Å². The van der Waals surface area contributed by atoms with Crippen LogP contribution in [0, 0.1) is 0 Å². The van der Waals surface area contributed by atoms with Crippen molar-refractivity contribution in [2.75, 3.05) is 10.5 Å². The molecular weight excluding hydrogens is 577 g/mol. The van der Waals surface area contributed by atoms with Gasteiger partial charge in [-0.3, -0.25) is 4.72 Å². The zero-order chi connectivity index (χ0) is 28.2. The molecule has 2 N–H and O–H groups in total. The molecule has 3 unspecified atom stereocenters. The van der Waals surface area contributed by atoms with Gasteiger partial charge in [-0.15, -0.1) is 11.3 Å². The summed E-state index contributed by atoms with van der Waals surface area (Å²) >= 11 is 3.35. The molecule has 0 bridgehead atoms. The summed E-state index contributed by atoms with van der Waals surface area (Å²) in [6.45, 7) is -0.0145. The molecule has 0 amide bonds. The van der Waals surface area contributed by atoms with E-state index in [1.165, 1.54) is 0 Å². The number of fused-ring (bicyclic) bond motifs is 1. The monoisotopic (exact) mass is 604 g/mol. The second-order valence-corrected chi connectivity index (χ2v) is 13.6. The molecule has 7 nitrogen and oxygen atoms in total. The molecule has 1 fully saturated rings. The van der Waals surface area contributed by atoms with Crippen LogP contribution in [0.15, 0.2) is 112 Å². The minimum absolute atomic E-state index is 0.0145. The molecule has 0 spiro atoms. The van der Waals surface area contributed by atoms with Crippen LogP contribution in [0.5, 0.6) is 0 Å². The van der Waals surface area contributed by atoms with Gasteiger partial charge in [0.15, 0.2) is 10.6 Å². The van der Waals surface area contributed by atoms with Crippen molar-refractivity contribution in [1.82, 2.24) is 4.98 Å². The van der Waals surface area contributed by atoms with Crippen molar-refractivity contribution in [3.63, 3.8) is 0 Å². The van der Waals surface area contributed by atoms with E-state index in [2.05, 4.69) is 10.8 Å². The van der Waals surface area contributed by atoms with E-state index in [9.17, 15) is 13.5 Å². The van der Waals surface area contributed by atoms with Gasteiger partial charge in [0.25, 0.3) is 10.0 Å². The number of benzene rings is 4. The van der Waals surface area contributed by atoms with E-state index in [1.807, 2.05) is 54.6 Å². The lowest BCUT2D eigenvalue weighted by atomic mass is 10.0. The number of ether oxygens (including phenoxy) is 2. The van der Waals surface area contributed by atoms with Crippen LogP contribution in [0.2, 0.25) is 0 Å². The molecule has 1 saturated heterocycles. The summed E-state index contributed by atoms with van der Waals surface area (Å²) in [6.07, 6.45) is -0.280. The Balaban J connectivity index is 1.20. The second-order valence-electron chi connectivity index (χ2n) is 9.65. The SMILES string of the molecule is O=S(=O)(Nc1ccc(C2OC(CSc3nc4ccccc4s3)CC(c3ccc(CO)cc3)O2)cc1)c1ccccc1. The summed E-state index contributed by atoms with van der Waals surface area (Å²) in [7, 11) is -3.69. The van der Waals surface area contributed by atoms with Gasteiger partial charge in [0.05, 0.1) is 33.9 Å². The van der Waals surface area contributed by atoms with Crippen molar-refractivity contribution in [2.24, 2.45) is 0 Å². The van der Waals surface area contributed by atoms with E-state index in [1.54, 1.807) is 65.6 Å². The lowest BCUT2D eigenvalue weighted by Gasteiger charge is -2.36. The molecule has 4 aromatic carbocycles. The number of aliphatic hydroxyl groups excluding tert-OH is 1. The molecule has 6 rings (SSSR count). The van der Waals surface area contributed by atoms with Gasteiger partial charge in [0.1, 0.15) is 0 Å². The number of hydrogen-bond donors (Lipinski definition) is 2. The van der Waals surface area contributed by atoms with Gasteiger partial charge in [-0.2, -0.15) is 0 Å². The number of nitrogens with zero attached hydrogens (tertiary/aromatic N) is 1. The number of sulfonamides is 1. The van der Waals surface area contributed by atoms with Crippen LogP contribution < -0.4 is 4.72 Å². The average Bonchev–Trinajstić information content (AvgIpc) is 3.44. The quantitative estimate of drug-likeness (QED) is 0.176. The Morgan fingerprint density at radius 2 is 1.59 bits per heavy atom. The molecule has 3 atom stereocenters. The number of anilines is 1. The first-order chi connectivity index (χ1) is 20.0. The zero-order valence-corrected chi connectivity index (χ0v) is 24.4. The number of thioether (sulfide) groups is 1. The minimum atomic E-state index is -3.69.